The molecule has 1 aliphatic rings. The van der Waals surface area contributed by atoms with E-state index in [0.717, 1.165) is 24.2 Å². The number of nitrogens with zero attached hydrogens (tertiary/aromatic N) is 2. The van der Waals surface area contributed by atoms with Crippen LogP contribution in [-0.2, 0) is 0 Å². The molecule has 2 aromatic heterocycles. The van der Waals surface area contributed by atoms with E-state index in [0.29, 0.717) is 0 Å². The molecule has 3 heterocycles. The minimum atomic E-state index is 1.01. The Balaban J connectivity index is 0.000000826. The van der Waals surface area contributed by atoms with Crippen LogP contribution in [0.5, 0.6) is 0 Å². The fourth-order valence-corrected chi connectivity index (χ4v) is 6.24. The molecule has 3 heteroatoms. The van der Waals surface area contributed by atoms with E-state index in [4.69, 9.17) is 4.67 Å². The first-order valence-electron chi connectivity index (χ1n) is 15.9. The summed E-state index contributed by atoms with van der Waals surface area (Å²) in [6.07, 6.45) is 4.17. The first-order valence-corrected chi connectivity index (χ1v) is 15.9. The average molecular weight is 575 g/mol. The zero-order chi connectivity index (χ0) is 30.6. The average Bonchev–Trinajstić information content (AvgIpc) is 3.84. The molecule has 0 unspecified atom stereocenters. The Bertz CT molecular complexity index is 2140. The number of H-pyrrole nitrogens is 1. The lowest BCUT2D eigenvalue weighted by Crippen LogP contribution is -1.99. The molecule has 0 fully saturated rings. The lowest BCUT2D eigenvalue weighted by molar-refractivity contribution is 1.17. The van der Waals surface area contributed by atoms with Crippen LogP contribution in [0.1, 0.15) is 53.2 Å². The molecule has 0 saturated heterocycles. The van der Waals surface area contributed by atoms with E-state index in [1.54, 1.807) is 0 Å². The second-order valence-electron chi connectivity index (χ2n) is 10.8. The maximum Gasteiger partial charge on any atom is 0.327 e. The first kappa shape index (κ1) is 29.0. The summed E-state index contributed by atoms with van der Waals surface area (Å²) < 4.78 is 7.19. The highest BCUT2D eigenvalue weighted by atomic mass is 15.0. The molecule has 8 rings (SSSR count). The van der Waals surface area contributed by atoms with Crippen molar-refractivity contribution in [1.82, 2.24) is 14.2 Å². The van der Waals surface area contributed by atoms with Crippen molar-refractivity contribution >= 4 is 44.0 Å². The minimum absolute atomic E-state index is 1.01. The predicted octanol–water partition coefficient (Wildman–Crippen LogP) is 10.8. The number of nitrogens with one attached hydrogen (secondary N) is 1. The second kappa shape index (κ2) is 12.6. The van der Waals surface area contributed by atoms with Gasteiger partial charge in [-0.25, -0.2) is 0 Å². The van der Waals surface area contributed by atoms with E-state index in [-0.39, 0.29) is 0 Å². The Morgan fingerprint density at radius 3 is 1.95 bits per heavy atom. The van der Waals surface area contributed by atoms with Crippen LogP contribution in [0.4, 0.5) is 0 Å². The van der Waals surface area contributed by atoms with Gasteiger partial charge in [-0.15, -0.1) is 0 Å². The van der Waals surface area contributed by atoms with Crippen molar-refractivity contribution in [1.29, 1.82) is 0 Å². The molecule has 0 radical (unpaired) electrons. The van der Waals surface area contributed by atoms with Crippen molar-refractivity contribution in [2.75, 3.05) is 0 Å². The third-order valence-corrected chi connectivity index (χ3v) is 8.24. The van der Waals surface area contributed by atoms with Crippen LogP contribution >= 0.6 is 0 Å². The maximum absolute atomic E-state index is 4.75. The number of fused-ring (bicyclic) bond motifs is 5. The molecule has 1 N–H and O–H groups in total. The van der Waals surface area contributed by atoms with E-state index < -0.39 is 0 Å². The summed E-state index contributed by atoms with van der Waals surface area (Å²) in [4.78, 5) is 3.48. The molecular formula is C41H40N3+. The van der Waals surface area contributed by atoms with Gasteiger partial charge in [-0.3, -0.25) is 0 Å². The zero-order valence-electron chi connectivity index (χ0n) is 26.4. The Morgan fingerprint density at radius 2 is 1.25 bits per heavy atom. The van der Waals surface area contributed by atoms with Gasteiger partial charge in [-0.1, -0.05) is 117 Å². The van der Waals surface area contributed by atoms with E-state index >= 15 is 0 Å². The van der Waals surface area contributed by atoms with Crippen LogP contribution in [0.2, 0.25) is 0 Å². The van der Waals surface area contributed by atoms with Crippen LogP contribution in [0.3, 0.4) is 0 Å². The normalized spacial score (nSPS) is 12.4. The largest absolute Gasteiger partial charge is 0.355 e. The van der Waals surface area contributed by atoms with Crippen molar-refractivity contribution < 1.29 is 0 Å². The zero-order valence-corrected chi connectivity index (χ0v) is 26.4. The third-order valence-electron chi connectivity index (χ3n) is 8.24. The topological polar surface area (TPSA) is 34.8 Å². The van der Waals surface area contributed by atoms with Gasteiger partial charge in [0.2, 0.25) is 0 Å². The first-order chi connectivity index (χ1) is 21.7. The van der Waals surface area contributed by atoms with Crippen LogP contribution < -0.4 is 4.67 Å². The summed E-state index contributed by atoms with van der Waals surface area (Å²) in [5.41, 5.74) is 12.0. The molecule has 0 bridgehead atoms. The van der Waals surface area contributed by atoms with Crippen LogP contribution in [0.15, 0.2) is 121 Å². The standard InChI is InChI=1S/C37H27N3.2C2H6/c1-24-12-19-34(39-24)35-21-29(23-38-35)27-14-17-32-33-18-15-28-20-26(25-8-4-2-5-9-25)13-16-31(28)37(33)40(36(32)22-27)30-10-6-3-7-11-30;2*1-2/h2-11,13-18,20-23H,12,19H2,1H3;2*1-2H3/p+1. The number of aromatic amines is 1. The summed E-state index contributed by atoms with van der Waals surface area (Å²) in [7, 11) is 0. The van der Waals surface area contributed by atoms with Gasteiger partial charge in [0.15, 0.2) is 0 Å². The summed E-state index contributed by atoms with van der Waals surface area (Å²) in [6.45, 7) is 10.1. The van der Waals surface area contributed by atoms with E-state index in [9.17, 15) is 0 Å². The van der Waals surface area contributed by atoms with Crippen molar-refractivity contribution in [3.63, 3.8) is 0 Å². The highest BCUT2D eigenvalue weighted by Gasteiger charge is 2.24. The summed E-state index contributed by atoms with van der Waals surface area (Å²) in [6, 6.07) is 41.9. The van der Waals surface area contributed by atoms with Gasteiger partial charge in [0.1, 0.15) is 5.69 Å². The Morgan fingerprint density at radius 1 is 0.591 bits per heavy atom. The molecule has 0 saturated carbocycles. The number of aromatic nitrogens is 2. The molecule has 3 nitrogen and oxygen atoms in total. The highest BCUT2D eigenvalue weighted by Crippen LogP contribution is 2.39. The second-order valence-corrected chi connectivity index (χ2v) is 10.8. The number of hydrogen-bond donors (Lipinski definition) is 1. The van der Waals surface area contributed by atoms with Crippen molar-refractivity contribution in [3.05, 3.63) is 127 Å². The van der Waals surface area contributed by atoms with Gasteiger partial charge >= 0.3 is 5.71 Å². The van der Waals surface area contributed by atoms with Crippen molar-refractivity contribution in [2.45, 2.75) is 47.5 Å². The maximum atomic E-state index is 4.75. The molecule has 7 aromatic rings. The molecular weight excluding hydrogens is 534 g/mol. The van der Waals surface area contributed by atoms with Gasteiger partial charge in [-0.2, -0.15) is 0 Å². The third kappa shape index (κ3) is 5.17. The van der Waals surface area contributed by atoms with Crippen LogP contribution in [-0.4, -0.2) is 21.0 Å². The van der Waals surface area contributed by atoms with Gasteiger partial charge in [0.05, 0.1) is 23.9 Å². The Hall–Kier alpha value is -5.11. The molecule has 44 heavy (non-hydrogen) atoms. The fourth-order valence-electron chi connectivity index (χ4n) is 6.24. The SMILES string of the molecule is CC.CC.CC1=[N+]=C(c2cc(-c3ccc4c5ccc6cc(-c7ccccc7)ccc6c5n(-c5ccccc5)c4c3)c[nH]2)CC1. The summed E-state index contributed by atoms with van der Waals surface area (Å²) >= 11 is 0. The molecule has 1 aliphatic heterocycles. The quantitative estimate of drug-likeness (QED) is 0.203. The Labute approximate surface area is 260 Å². The molecule has 0 amide bonds. The number of rotatable bonds is 4. The summed E-state index contributed by atoms with van der Waals surface area (Å²) in [5.74, 6) is 0. The van der Waals surface area contributed by atoms with E-state index in [2.05, 4.69) is 138 Å². The lowest BCUT2D eigenvalue weighted by Gasteiger charge is -2.11. The van der Waals surface area contributed by atoms with Gasteiger partial charge in [0, 0.05) is 40.5 Å². The fraction of sp³-hybridized carbons (Fsp3) is 0.171. The van der Waals surface area contributed by atoms with Gasteiger partial charge in [-0.05, 0) is 52.4 Å². The number of para-hydroxylation sites is 1. The Kier molecular flexibility index (Phi) is 8.32. The summed E-state index contributed by atoms with van der Waals surface area (Å²) in [5, 5.41) is 5.03. The highest BCUT2D eigenvalue weighted by molar-refractivity contribution is 6.19. The minimum Gasteiger partial charge on any atom is -0.355 e. The molecule has 5 aromatic carbocycles. The van der Waals surface area contributed by atoms with Gasteiger partial charge in [0.25, 0.3) is 5.71 Å². The lowest BCUT2D eigenvalue weighted by atomic mass is 9.99. The monoisotopic (exact) mass is 574 g/mol. The molecule has 0 spiro atoms. The predicted molar refractivity (Wildman–Crippen MR) is 192 cm³/mol. The number of hydrogen-bond acceptors (Lipinski definition) is 0. The van der Waals surface area contributed by atoms with Crippen molar-refractivity contribution in [3.8, 4) is 27.9 Å². The van der Waals surface area contributed by atoms with E-state index in [1.165, 1.54) is 66.2 Å². The van der Waals surface area contributed by atoms with E-state index in [1.807, 2.05) is 27.7 Å². The van der Waals surface area contributed by atoms with Crippen LogP contribution in [0, 0.1) is 0 Å². The van der Waals surface area contributed by atoms with Crippen LogP contribution in [0.25, 0.3) is 60.5 Å². The van der Waals surface area contributed by atoms with Crippen molar-refractivity contribution in [2.24, 2.45) is 0 Å². The molecule has 0 aliphatic carbocycles. The smallest absolute Gasteiger partial charge is 0.327 e. The number of benzene rings is 5. The molecule has 218 valence electrons. The molecule has 0 atom stereocenters. The van der Waals surface area contributed by atoms with Gasteiger partial charge < -0.3 is 9.55 Å².